The first-order chi connectivity index (χ1) is 14.8. The van der Waals surface area contributed by atoms with Crippen molar-refractivity contribution in [2.24, 2.45) is 0 Å². The van der Waals surface area contributed by atoms with E-state index in [0.717, 1.165) is 0 Å². The van der Waals surface area contributed by atoms with E-state index >= 15 is 0 Å². The van der Waals surface area contributed by atoms with Crippen LogP contribution in [0.15, 0.2) is 18.3 Å². The number of likely N-dealkylation sites (tertiary alicyclic amines) is 1. The summed E-state index contributed by atoms with van der Waals surface area (Å²) in [5.74, 6) is -1.67. The Labute approximate surface area is 177 Å². The first-order valence-electron chi connectivity index (χ1n) is 10.4. The number of aromatic nitrogens is 4. The fourth-order valence-corrected chi connectivity index (χ4v) is 3.70. The Kier molecular flexibility index (Phi) is 6.01. The van der Waals surface area contributed by atoms with E-state index in [9.17, 15) is 18.0 Å². The third-order valence-electron chi connectivity index (χ3n) is 5.54. The van der Waals surface area contributed by atoms with Gasteiger partial charge in [0.05, 0.1) is 18.8 Å². The summed E-state index contributed by atoms with van der Waals surface area (Å²) in [6, 6.07) is 2.99. The molecule has 1 N–H and O–H groups in total. The molecule has 3 heterocycles. The van der Waals surface area contributed by atoms with Crippen LogP contribution in [-0.4, -0.2) is 61.7 Å². The highest BCUT2D eigenvalue weighted by atomic mass is 19.3. The van der Waals surface area contributed by atoms with Gasteiger partial charge in [0.2, 0.25) is 17.7 Å². The van der Waals surface area contributed by atoms with Crippen molar-refractivity contribution in [3.8, 4) is 11.8 Å². The number of amides is 1. The lowest BCUT2D eigenvalue weighted by molar-refractivity contribution is -0.139. The van der Waals surface area contributed by atoms with Crippen LogP contribution in [-0.2, 0) is 11.5 Å². The molecule has 1 aliphatic heterocycles. The van der Waals surface area contributed by atoms with Gasteiger partial charge < -0.3 is 15.0 Å². The van der Waals surface area contributed by atoms with Crippen LogP contribution in [0, 0.1) is 0 Å². The average molecular weight is 438 g/mol. The molecule has 168 valence electrons. The zero-order chi connectivity index (χ0) is 22.0. The molecule has 0 radical (unpaired) electrons. The molecule has 1 saturated carbocycles. The molecule has 0 unspecified atom stereocenters. The summed E-state index contributed by atoms with van der Waals surface area (Å²) >= 11 is 0. The lowest BCUT2D eigenvalue weighted by Gasteiger charge is -2.38. The summed E-state index contributed by atoms with van der Waals surface area (Å²) in [5, 5.41) is 7.28. The third kappa shape index (κ3) is 5.08. The Balaban J connectivity index is 1.50. The van der Waals surface area contributed by atoms with Gasteiger partial charge in [-0.1, -0.05) is 6.92 Å². The summed E-state index contributed by atoms with van der Waals surface area (Å²) < 4.78 is 47.1. The van der Waals surface area contributed by atoms with Gasteiger partial charge in [0.15, 0.2) is 0 Å². The molecule has 0 spiro atoms. The number of anilines is 1. The van der Waals surface area contributed by atoms with Crippen LogP contribution in [0.3, 0.4) is 0 Å². The van der Waals surface area contributed by atoms with Crippen LogP contribution < -0.4 is 10.1 Å². The molecule has 4 rings (SSSR count). The number of carbonyl (C=O) groups is 1. The predicted molar refractivity (Wildman–Crippen MR) is 106 cm³/mol. The molecule has 1 saturated heterocycles. The molecule has 2 aromatic heterocycles. The van der Waals surface area contributed by atoms with E-state index in [4.69, 9.17) is 4.74 Å². The molecule has 1 aliphatic carbocycles. The van der Waals surface area contributed by atoms with Crippen LogP contribution in [0.1, 0.15) is 44.7 Å². The van der Waals surface area contributed by atoms with Crippen LogP contribution in [0.2, 0.25) is 0 Å². The van der Waals surface area contributed by atoms with Crippen molar-refractivity contribution in [3.05, 3.63) is 24.0 Å². The van der Waals surface area contributed by atoms with Crippen molar-refractivity contribution in [2.75, 3.05) is 18.4 Å². The Hall–Kier alpha value is -2.85. The van der Waals surface area contributed by atoms with E-state index in [1.54, 1.807) is 17.2 Å². The Morgan fingerprint density at radius 2 is 2.03 bits per heavy atom. The van der Waals surface area contributed by atoms with Gasteiger partial charge in [-0.15, -0.1) is 0 Å². The molecule has 2 aromatic rings. The van der Waals surface area contributed by atoms with E-state index in [0.29, 0.717) is 38.2 Å². The van der Waals surface area contributed by atoms with Crippen LogP contribution in [0.4, 0.5) is 19.0 Å². The van der Waals surface area contributed by atoms with Crippen LogP contribution in [0.5, 0.6) is 5.88 Å². The van der Waals surface area contributed by atoms with Gasteiger partial charge >= 0.3 is 0 Å². The number of hydrogen-bond donors (Lipinski definition) is 1. The van der Waals surface area contributed by atoms with Crippen LogP contribution >= 0.6 is 0 Å². The van der Waals surface area contributed by atoms with Crippen molar-refractivity contribution in [1.29, 1.82) is 0 Å². The number of alkyl halides is 3. The van der Waals surface area contributed by atoms with Gasteiger partial charge in [-0.05, 0) is 18.9 Å². The maximum atomic E-state index is 13.5. The number of carbonyl (C=O) groups excluding carboxylic acids is 1. The van der Waals surface area contributed by atoms with Gasteiger partial charge in [0, 0.05) is 37.6 Å². The molecule has 8 nitrogen and oxygen atoms in total. The van der Waals surface area contributed by atoms with Crippen LogP contribution in [0.25, 0.3) is 5.95 Å². The first-order valence-corrected chi connectivity index (χ1v) is 10.4. The summed E-state index contributed by atoms with van der Waals surface area (Å²) in [6.07, 6.45) is 2.10. The van der Waals surface area contributed by atoms with E-state index in [2.05, 4.69) is 20.4 Å². The highest BCUT2D eigenvalue weighted by Crippen LogP contribution is 2.34. The lowest BCUT2D eigenvalue weighted by atomic mass is 9.92. The van der Waals surface area contributed by atoms with Gasteiger partial charge in [-0.3, -0.25) is 4.79 Å². The zero-order valence-corrected chi connectivity index (χ0v) is 17.2. The van der Waals surface area contributed by atoms with Crippen molar-refractivity contribution in [2.45, 2.75) is 63.8 Å². The number of nitrogens with zero attached hydrogens (tertiary/aromatic N) is 5. The number of rotatable bonds is 7. The maximum absolute atomic E-state index is 13.5. The molecule has 11 heteroatoms. The number of nitrogens with one attached hydrogen (secondary N) is 1. The molecular formula is C20H25F3N6O2. The highest BCUT2D eigenvalue weighted by molar-refractivity contribution is 5.76. The smallest absolute Gasteiger partial charge is 0.255 e. The van der Waals surface area contributed by atoms with E-state index < -0.39 is 12.6 Å². The Morgan fingerprint density at radius 1 is 1.29 bits per heavy atom. The highest BCUT2D eigenvalue weighted by Gasteiger charge is 2.35. The van der Waals surface area contributed by atoms with Gasteiger partial charge in [0.25, 0.3) is 5.95 Å². The Morgan fingerprint density at radius 3 is 2.68 bits per heavy atom. The predicted octanol–water partition coefficient (Wildman–Crippen LogP) is 3.12. The first kappa shape index (κ1) is 21.4. The minimum absolute atomic E-state index is 0.0648. The molecule has 1 amide bonds. The van der Waals surface area contributed by atoms with Gasteiger partial charge in [0.1, 0.15) is 18.6 Å². The molecular weight excluding hydrogens is 413 g/mol. The summed E-state index contributed by atoms with van der Waals surface area (Å²) in [5.41, 5.74) is 0.242. The van der Waals surface area contributed by atoms with Crippen molar-refractivity contribution in [1.82, 2.24) is 24.6 Å². The summed E-state index contributed by atoms with van der Waals surface area (Å²) in [4.78, 5) is 22.2. The fourth-order valence-electron chi connectivity index (χ4n) is 3.70. The van der Waals surface area contributed by atoms with E-state index in [1.807, 2.05) is 6.92 Å². The zero-order valence-electron chi connectivity index (χ0n) is 17.2. The van der Waals surface area contributed by atoms with Gasteiger partial charge in [-0.2, -0.15) is 15.1 Å². The monoisotopic (exact) mass is 438 g/mol. The molecule has 0 atom stereocenters. The molecule has 0 aromatic carbocycles. The van der Waals surface area contributed by atoms with E-state index in [-0.39, 0.29) is 48.4 Å². The maximum Gasteiger partial charge on any atom is 0.255 e. The lowest BCUT2D eigenvalue weighted by Crippen LogP contribution is -2.56. The number of hydrogen-bond acceptors (Lipinski definition) is 6. The largest absolute Gasteiger partial charge is 0.470 e. The minimum atomic E-state index is -2.62. The number of halogens is 3. The molecule has 0 bridgehead atoms. The second kappa shape index (κ2) is 8.72. The van der Waals surface area contributed by atoms with Crippen molar-refractivity contribution >= 4 is 11.7 Å². The summed E-state index contributed by atoms with van der Waals surface area (Å²) in [7, 11) is 0. The van der Waals surface area contributed by atoms with Crippen molar-refractivity contribution in [3.63, 3.8) is 0 Å². The molecule has 31 heavy (non-hydrogen) atoms. The minimum Gasteiger partial charge on any atom is -0.470 e. The normalized spacial score (nSPS) is 19.2. The fraction of sp³-hybridized carbons (Fsp3) is 0.600. The average Bonchev–Trinajstić information content (AvgIpc) is 3.21. The third-order valence-corrected chi connectivity index (χ3v) is 5.54. The van der Waals surface area contributed by atoms with E-state index in [1.165, 1.54) is 10.7 Å². The topological polar surface area (TPSA) is 85.2 Å². The second-order valence-electron chi connectivity index (χ2n) is 7.94. The summed E-state index contributed by atoms with van der Waals surface area (Å²) in [6.45, 7) is 2.04. The quantitative estimate of drug-likeness (QED) is 0.715. The molecule has 2 aliphatic rings. The SMILES string of the molecule is CCC(=O)N1CC(Oc2cc(NC3CCC(F)(F)CC3)nc(-n3ccc(CF)n3)n2)C1. The number of ether oxygens (including phenoxy) is 1. The molecule has 2 fully saturated rings. The van der Waals surface area contributed by atoms with Gasteiger partial charge in [-0.25, -0.2) is 17.9 Å². The standard InChI is InChI=1S/C20H25F3N6O2/c1-2-18(30)28-11-15(12-28)31-17-9-16(24-13-3-6-20(22,23)7-4-13)25-19(26-17)29-8-5-14(10-21)27-29/h5,8-9,13,15H,2-4,6-7,10-12H2,1H3,(H,24,25,26). The van der Waals surface area contributed by atoms with Crippen molar-refractivity contribution < 1.29 is 22.7 Å². The Bertz CT molecular complexity index is 921. The second-order valence-corrected chi connectivity index (χ2v) is 7.94.